The van der Waals surface area contributed by atoms with Crippen molar-refractivity contribution in [2.45, 2.75) is 70.3 Å². The number of benzene rings is 2. The van der Waals surface area contributed by atoms with Crippen LogP contribution in [0.2, 0.25) is 5.02 Å². The minimum Gasteiger partial charge on any atom is -0.288 e. The molecule has 5 rings (SSSR count). The van der Waals surface area contributed by atoms with Crippen molar-refractivity contribution in [3.8, 4) is 0 Å². The minimum atomic E-state index is 0.281. The van der Waals surface area contributed by atoms with E-state index in [0.717, 1.165) is 23.4 Å². The zero-order valence-electron chi connectivity index (χ0n) is 18.7. The highest BCUT2D eigenvalue weighted by Crippen LogP contribution is 2.49. The zero-order chi connectivity index (χ0) is 21.2. The quantitative estimate of drug-likeness (QED) is 0.433. The average molecular weight is 435 g/mol. The Kier molecular flexibility index (Phi) is 6.36. The van der Waals surface area contributed by atoms with Gasteiger partial charge in [0.05, 0.1) is 17.7 Å². The average Bonchev–Trinajstić information content (AvgIpc) is 3.57. The molecular formula is C28H35ClN2. The molecule has 2 aromatic rings. The number of rotatable bonds is 7. The van der Waals surface area contributed by atoms with Gasteiger partial charge in [0.15, 0.2) is 0 Å². The fourth-order valence-electron chi connectivity index (χ4n) is 5.92. The number of halogens is 1. The summed E-state index contributed by atoms with van der Waals surface area (Å²) in [6, 6.07) is 19.8. The van der Waals surface area contributed by atoms with E-state index >= 15 is 0 Å². The molecule has 2 unspecified atom stereocenters. The first kappa shape index (κ1) is 21.1. The molecule has 2 saturated carbocycles. The number of hydrogen-bond acceptors (Lipinski definition) is 2. The third-order valence-electron chi connectivity index (χ3n) is 7.65. The molecule has 2 fully saturated rings. The topological polar surface area (TPSA) is 15.6 Å². The summed E-state index contributed by atoms with van der Waals surface area (Å²) in [5.74, 6) is 2.68. The van der Waals surface area contributed by atoms with Gasteiger partial charge in [-0.05, 0) is 66.7 Å². The molecule has 0 saturated heterocycles. The molecule has 2 nitrogen and oxygen atoms in total. The van der Waals surface area contributed by atoms with Crippen molar-refractivity contribution in [2.24, 2.45) is 22.9 Å². The van der Waals surface area contributed by atoms with Crippen LogP contribution in [0, 0.1) is 17.8 Å². The van der Waals surface area contributed by atoms with E-state index in [1.807, 2.05) is 6.07 Å². The second kappa shape index (κ2) is 9.36. The van der Waals surface area contributed by atoms with E-state index < -0.39 is 0 Å². The summed E-state index contributed by atoms with van der Waals surface area (Å²) in [4.78, 5) is 0. The predicted molar refractivity (Wildman–Crippen MR) is 131 cm³/mol. The molecule has 0 spiro atoms. The maximum Gasteiger partial charge on any atom is 0.0841 e. The monoisotopic (exact) mass is 434 g/mol. The third kappa shape index (κ3) is 4.70. The minimum absolute atomic E-state index is 0.281. The van der Waals surface area contributed by atoms with E-state index in [1.165, 1.54) is 68.2 Å². The largest absolute Gasteiger partial charge is 0.288 e. The number of hydrazone groups is 1. The van der Waals surface area contributed by atoms with Gasteiger partial charge < -0.3 is 0 Å². The van der Waals surface area contributed by atoms with E-state index in [1.54, 1.807) is 0 Å². The van der Waals surface area contributed by atoms with Crippen LogP contribution in [-0.2, 0) is 0 Å². The van der Waals surface area contributed by atoms with Crippen LogP contribution in [0.3, 0.4) is 0 Å². The Morgan fingerprint density at radius 3 is 2.26 bits per heavy atom. The molecule has 1 aliphatic heterocycles. The van der Waals surface area contributed by atoms with E-state index in [-0.39, 0.29) is 6.04 Å². The molecule has 1 heterocycles. The fraction of sp³-hybridized carbons (Fsp3) is 0.536. The first-order valence-corrected chi connectivity index (χ1v) is 12.8. The van der Waals surface area contributed by atoms with Crippen molar-refractivity contribution in [3.05, 3.63) is 70.7 Å². The lowest BCUT2D eigenvalue weighted by Crippen LogP contribution is -2.31. The van der Waals surface area contributed by atoms with Gasteiger partial charge in [-0.1, -0.05) is 86.7 Å². The van der Waals surface area contributed by atoms with Crippen LogP contribution in [0.1, 0.15) is 81.4 Å². The van der Waals surface area contributed by atoms with Crippen LogP contribution in [-0.4, -0.2) is 17.3 Å². The zero-order valence-corrected chi connectivity index (χ0v) is 19.5. The van der Waals surface area contributed by atoms with Gasteiger partial charge in [0.1, 0.15) is 0 Å². The highest BCUT2D eigenvalue weighted by Gasteiger charge is 2.45. The Hall–Kier alpha value is -1.80. The summed E-state index contributed by atoms with van der Waals surface area (Å²) in [6.45, 7) is 3.41. The van der Waals surface area contributed by atoms with E-state index in [0.29, 0.717) is 11.8 Å². The molecule has 2 aromatic carbocycles. The lowest BCUT2D eigenvalue weighted by molar-refractivity contribution is 0.149. The SMILES string of the molecule is CCCC1CCC(CN2N=C(C3CC3)C(c3cccc(Cl)c3)C2c2ccccc2)CC1. The van der Waals surface area contributed by atoms with E-state index in [4.69, 9.17) is 16.7 Å². The molecule has 0 N–H and O–H groups in total. The summed E-state index contributed by atoms with van der Waals surface area (Å²) in [5.41, 5.74) is 4.10. The highest BCUT2D eigenvalue weighted by atomic mass is 35.5. The van der Waals surface area contributed by atoms with Gasteiger partial charge in [0, 0.05) is 11.6 Å². The molecule has 2 atom stereocenters. The Morgan fingerprint density at radius 1 is 0.871 bits per heavy atom. The summed E-state index contributed by atoms with van der Waals surface area (Å²) in [7, 11) is 0. The summed E-state index contributed by atoms with van der Waals surface area (Å²) in [5, 5.41) is 8.65. The Labute approximate surface area is 192 Å². The fourth-order valence-corrected chi connectivity index (χ4v) is 6.12. The van der Waals surface area contributed by atoms with Gasteiger partial charge in [-0.3, -0.25) is 5.01 Å². The van der Waals surface area contributed by atoms with Crippen molar-refractivity contribution in [1.29, 1.82) is 0 Å². The van der Waals surface area contributed by atoms with E-state index in [9.17, 15) is 0 Å². The number of hydrogen-bond donors (Lipinski definition) is 0. The molecule has 0 amide bonds. The lowest BCUT2D eigenvalue weighted by atomic mass is 9.79. The van der Waals surface area contributed by atoms with Crippen LogP contribution in [0.15, 0.2) is 59.7 Å². The third-order valence-corrected chi connectivity index (χ3v) is 7.89. The smallest absolute Gasteiger partial charge is 0.0841 e. The van der Waals surface area contributed by atoms with Crippen LogP contribution in [0.5, 0.6) is 0 Å². The van der Waals surface area contributed by atoms with Gasteiger partial charge in [0.25, 0.3) is 0 Å². The van der Waals surface area contributed by atoms with Crippen molar-refractivity contribution in [2.75, 3.05) is 6.54 Å². The van der Waals surface area contributed by atoms with E-state index in [2.05, 4.69) is 60.5 Å². The molecule has 164 valence electrons. The Balaban J connectivity index is 1.43. The number of nitrogens with zero attached hydrogens (tertiary/aromatic N) is 2. The molecule has 0 radical (unpaired) electrons. The van der Waals surface area contributed by atoms with Crippen LogP contribution in [0.25, 0.3) is 0 Å². The van der Waals surface area contributed by atoms with Crippen molar-refractivity contribution >= 4 is 17.3 Å². The molecule has 0 aromatic heterocycles. The van der Waals surface area contributed by atoms with Crippen molar-refractivity contribution in [3.63, 3.8) is 0 Å². The highest BCUT2D eigenvalue weighted by molar-refractivity contribution is 6.30. The molecule has 3 aliphatic rings. The summed E-state index contributed by atoms with van der Waals surface area (Å²) < 4.78 is 0. The van der Waals surface area contributed by atoms with Gasteiger partial charge in [-0.2, -0.15) is 5.10 Å². The molecule has 31 heavy (non-hydrogen) atoms. The van der Waals surface area contributed by atoms with Gasteiger partial charge >= 0.3 is 0 Å². The van der Waals surface area contributed by atoms with Crippen molar-refractivity contribution in [1.82, 2.24) is 5.01 Å². The van der Waals surface area contributed by atoms with Gasteiger partial charge in [-0.25, -0.2) is 0 Å². The maximum absolute atomic E-state index is 6.44. The standard InChI is InChI=1S/C28H35ClN2/c1-2-7-20-12-14-21(15-13-20)19-31-28(23-8-4-3-5-9-23)26(27(30-31)22-16-17-22)24-10-6-11-25(29)18-24/h3-6,8-11,18,20-22,26,28H,2,7,12-17,19H2,1H3. The maximum atomic E-state index is 6.44. The Morgan fingerprint density at radius 2 is 1.58 bits per heavy atom. The second-order valence-electron chi connectivity index (χ2n) is 9.98. The predicted octanol–water partition coefficient (Wildman–Crippen LogP) is 7.85. The second-order valence-corrected chi connectivity index (χ2v) is 10.4. The molecule has 2 aliphatic carbocycles. The Bertz CT molecular complexity index is 896. The lowest BCUT2D eigenvalue weighted by Gasteiger charge is -2.34. The van der Waals surface area contributed by atoms with Crippen LogP contribution >= 0.6 is 11.6 Å². The summed E-state index contributed by atoms with van der Waals surface area (Å²) in [6.07, 6.45) is 10.8. The first-order chi connectivity index (χ1) is 15.2. The molecular weight excluding hydrogens is 400 g/mol. The molecule has 0 bridgehead atoms. The molecule has 3 heteroatoms. The normalized spacial score (nSPS) is 28.6. The first-order valence-electron chi connectivity index (χ1n) is 12.4. The van der Waals surface area contributed by atoms with Gasteiger partial charge in [0.2, 0.25) is 0 Å². The van der Waals surface area contributed by atoms with Crippen LogP contribution in [0.4, 0.5) is 0 Å². The van der Waals surface area contributed by atoms with Gasteiger partial charge in [-0.15, -0.1) is 0 Å². The van der Waals surface area contributed by atoms with Crippen LogP contribution < -0.4 is 0 Å². The summed E-state index contributed by atoms with van der Waals surface area (Å²) >= 11 is 6.44. The van der Waals surface area contributed by atoms with Crippen molar-refractivity contribution < 1.29 is 0 Å².